The van der Waals surface area contributed by atoms with Crippen molar-refractivity contribution < 1.29 is 2.74 Å². The van der Waals surface area contributed by atoms with Crippen molar-refractivity contribution in [1.29, 1.82) is 0 Å². The van der Waals surface area contributed by atoms with Gasteiger partial charge in [0, 0.05) is 2.74 Å². The molecule has 0 fully saturated rings. The Morgan fingerprint density at radius 3 is 1.08 bits per heavy atom. The van der Waals surface area contributed by atoms with Crippen LogP contribution in [0.5, 0.6) is 0 Å². The van der Waals surface area contributed by atoms with E-state index >= 15 is 0 Å². The Hall–Kier alpha value is 0. The molecule has 0 N–H and O–H groups in total. The average Bonchev–Trinajstić information content (AvgIpc) is 2.02. The lowest BCUT2D eigenvalue weighted by molar-refractivity contribution is -0.00353. The van der Waals surface area contributed by atoms with E-state index in [0.717, 1.165) is 0 Å². The highest BCUT2D eigenvalue weighted by molar-refractivity contribution is 4.90. The van der Waals surface area contributed by atoms with Gasteiger partial charge in [-0.05, 0) is 29.1 Å². The summed E-state index contributed by atoms with van der Waals surface area (Å²) in [6.07, 6.45) is 0. The van der Waals surface area contributed by atoms with Crippen molar-refractivity contribution >= 4 is 0 Å². The molecule has 0 radical (unpaired) electrons. The minimum Gasteiger partial charge on any atom is -0.0622 e. The summed E-state index contributed by atoms with van der Waals surface area (Å²) in [4.78, 5) is 0. The van der Waals surface area contributed by atoms with Gasteiger partial charge in [0.05, 0.1) is 0 Å². The van der Waals surface area contributed by atoms with Gasteiger partial charge in [0.2, 0.25) is 0 Å². The van der Waals surface area contributed by atoms with E-state index in [4.69, 9.17) is 2.74 Å². The van der Waals surface area contributed by atoms with Crippen LogP contribution in [0.2, 0.25) is 0 Å². The van der Waals surface area contributed by atoms with Gasteiger partial charge in [0.15, 0.2) is 0 Å². The first-order valence-corrected chi connectivity index (χ1v) is 5.53. The van der Waals surface area contributed by atoms with Crippen molar-refractivity contribution in [2.45, 2.75) is 55.3 Å². The smallest absolute Gasteiger partial charge is 0.0233 e. The summed E-state index contributed by atoms with van der Waals surface area (Å²) in [7, 11) is 0. The molecule has 0 bridgehead atoms. The van der Waals surface area contributed by atoms with E-state index in [0.29, 0.717) is 17.8 Å². The summed E-state index contributed by atoms with van der Waals surface area (Å²) in [5, 5.41) is 0. The van der Waals surface area contributed by atoms with Crippen LogP contribution in [0, 0.1) is 29.1 Å². The SMILES string of the molecule is [2H]C([2H])C(C)C(C(C)C)(C(C)C)C(C)C. The second-order valence-electron chi connectivity index (χ2n) is 5.25. The molecule has 1 unspecified atom stereocenters. The summed E-state index contributed by atoms with van der Waals surface area (Å²) in [6.45, 7) is 14.8. The van der Waals surface area contributed by atoms with Crippen LogP contribution in [0.4, 0.5) is 0 Å². The van der Waals surface area contributed by atoms with Gasteiger partial charge < -0.3 is 0 Å². The zero-order valence-electron chi connectivity index (χ0n) is 12.4. The maximum atomic E-state index is 7.69. The first-order valence-electron chi connectivity index (χ1n) is 6.68. The first kappa shape index (κ1) is 9.55. The minimum absolute atomic E-state index is 0.105. The Morgan fingerprint density at radius 2 is 1.00 bits per heavy atom. The topological polar surface area (TPSA) is 0 Å². The number of hydrogen-bond acceptors (Lipinski definition) is 0. The zero-order chi connectivity index (χ0) is 12.4. The maximum absolute atomic E-state index is 7.69. The zero-order valence-corrected chi connectivity index (χ0v) is 10.4. The molecule has 0 heterocycles. The Morgan fingerprint density at radius 1 is 0.692 bits per heavy atom. The van der Waals surface area contributed by atoms with Crippen LogP contribution in [-0.4, -0.2) is 0 Å². The average molecular weight is 186 g/mol. The predicted octanol–water partition coefficient (Wildman–Crippen LogP) is 4.60. The van der Waals surface area contributed by atoms with E-state index in [1.54, 1.807) is 0 Å². The molecule has 0 aliphatic rings. The highest BCUT2D eigenvalue weighted by Gasteiger charge is 2.42. The first-order chi connectivity index (χ1) is 6.68. The normalized spacial score (nSPS) is 18.4. The second kappa shape index (κ2) is 4.48. The molecule has 0 aliphatic heterocycles. The molecule has 1 atom stereocenters. The van der Waals surface area contributed by atoms with E-state index in [2.05, 4.69) is 48.5 Å². The van der Waals surface area contributed by atoms with Gasteiger partial charge in [-0.3, -0.25) is 0 Å². The molecular weight excluding hydrogens is 156 g/mol. The molecule has 0 aromatic heterocycles. The molecule has 0 spiro atoms. The molecule has 0 saturated carbocycles. The molecule has 0 rings (SSSR count). The Balaban J connectivity index is 5.32. The van der Waals surface area contributed by atoms with Crippen molar-refractivity contribution in [3.05, 3.63) is 0 Å². The monoisotopic (exact) mass is 186 g/mol. The van der Waals surface area contributed by atoms with Crippen molar-refractivity contribution in [2.75, 3.05) is 0 Å². The van der Waals surface area contributed by atoms with E-state index in [1.807, 2.05) is 0 Å². The van der Waals surface area contributed by atoms with Crippen LogP contribution in [0.15, 0.2) is 0 Å². The molecule has 0 saturated heterocycles. The van der Waals surface area contributed by atoms with Gasteiger partial charge in [0.25, 0.3) is 0 Å². The fourth-order valence-corrected chi connectivity index (χ4v) is 3.58. The molecule has 0 aromatic carbocycles. The molecule has 80 valence electrons. The van der Waals surface area contributed by atoms with Crippen LogP contribution in [-0.2, 0) is 0 Å². The fourth-order valence-electron chi connectivity index (χ4n) is 3.58. The predicted molar refractivity (Wildman–Crippen MR) is 61.8 cm³/mol. The number of rotatable bonds is 4. The Labute approximate surface area is 87.9 Å². The van der Waals surface area contributed by atoms with Crippen LogP contribution < -0.4 is 0 Å². The Kier molecular flexibility index (Phi) is 3.29. The molecule has 0 aliphatic carbocycles. The minimum atomic E-state index is -0.725. The largest absolute Gasteiger partial charge is 0.0622 e. The van der Waals surface area contributed by atoms with Gasteiger partial charge in [-0.2, -0.15) is 0 Å². The van der Waals surface area contributed by atoms with Crippen LogP contribution >= 0.6 is 0 Å². The third kappa shape index (κ3) is 2.08. The van der Waals surface area contributed by atoms with Gasteiger partial charge in [-0.25, -0.2) is 0 Å². The molecule has 0 aromatic rings. The number of hydrogen-bond donors (Lipinski definition) is 0. The van der Waals surface area contributed by atoms with Crippen molar-refractivity contribution in [2.24, 2.45) is 29.1 Å². The molecule has 13 heavy (non-hydrogen) atoms. The highest BCUT2D eigenvalue weighted by atomic mass is 14.5. The summed E-state index contributed by atoms with van der Waals surface area (Å²) in [6, 6.07) is 0. The highest BCUT2D eigenvalue weighted by Crippen LogP contribution is 2.48. The Bertz CT molecular complexity index is 161. The molecular formula is C13H28. The van der Waals surface area contributed by atoms with E-state index in [-0.39, 0.29) is 11.3 Å². The van der Waals surface area contributed by atoms with Crippen LogP contribution in [0.3, 0.4) is 0 Å². The van der Waals surface area contributed by atoms with Crippen molar-refractivity contribution in [1.82, 2.24) is 0 Å². The lowest BCUT2D eigenvalue weighted by Crippen LogP contribution is -2.42. The van der Waals surface area contributed by atoms with Gasteiger partial charge >= 0.3 is 0 Å². The molecule has 0 nitrogen and oxygen atoms in total. The van der Waals surface area contributed by atoms with Gasteiger partial charge in [-0.1, -0.05) is 55.3 Å². The van der Waals surface area contributed by atoms with Gasteiger partial charge in [-0.15, -0.1) is 0 Å². The van der Waals surface area contributed by atoms with Gasteiger partial charge in [0.1, 0.15) is 0 Å². The molecule has 0 amide bonds. The second-order valence-corrected chi connectivity index (χ2v) is 5.25. The van der Waals surface area contributed by atoms with Crippen LogP contribution in [0.1, 0.15) is 58.1 Å². The summed E-state index contributed by atoms with van der Waals surface area (Å²) < 4.78 is 15.4. The van der Waals surface area contributed by atoms with Crippen LogP contribution in [0.25, 0.3) is 0 Å². The molecule has 0 heteroatoms. The standard InChI is InChI=1S/C13H28/c1-9(2)13(10(3)4,11(5)6)12(7)8/h9-12H,1-8H3/i1D2. The third-order valence-electron chi connectivity index (χ3n) is 3.79. The van der Waals surface area contributed by atoms with E-state index < -0.39 is 6.88 Å². The summed E-state index contributed by atoms with van der Waals surface area (Å²) in [5.74, 6) is 1.68. The van der Waals surface area contributed by atoms with Crippen molar-refractivity contribution in [3.8, 4) is 0 Å². The fraction of sp³-hybridized carbons (Fsp3) is 1.00. The maximum Gasteiger partial charge on any atom is 0.0233 e. The van der Waals surface area contributed by atoms with E-state index in [9.17, 15) is 0 Å². The summed E-state index contributed by atoms with van der Waals surface area (Å²) in [5.41, 5.74) is 0.105. The lowest BCUT2D eigenvalue weighted by Gasteiger charge is -2.49. The third-order valence-corrected chi connectivity index (χ3v) is 3.79. The quantitative estimate of drug-likeness (QED) is 0.602. The van der Waals surface area contributed by atoms with Crippen molar-refractivity contribution in [3.63, 3.8) is 0 Å². The van der Waals surface area contributed by atoms with E-state index in [1.165, 1.54) is 0 Å². The summed E-state index contributed by atoms with van der Waals surface area (Å²) >= 11 is 0. The lowest BCUT2D eigenvalue weighted by atomic mass is 9.56.